The lowest BCUT2D eigenvalue weighted by Gasteiger charge is -2.44. The summed E-state index contributed by atoms with van der Waals surface area (Å²) in [6.45, 7) is 2.68. The molecule has 31 heavy (non-hydrogen) atoms. The summed E-state index contributed by atoms with van der Waals surface area (Å²) < 4.78 is 8.16. The zero-order valence-corrected chi connectivity index (χ0v) is 17.5. The fourth-order valence-electron chi connectivity index (χ4n) is 5.06. The van der Waals surface area contributed by atoms with Crippen LogP contribution in [0, 0.1) is 5.92 Å². The summed E-state index contributed by atoms with van der Waals surface area (Å²) in [4.78, 5) is 9.38. The van der Waals surface area contributed by atoms with E-state index in [1.807, 2.05) is 18.3 Å². The van der Waals surface area contributed by atoms with Gasteiger partial charge < -0.3 is 10.5 Å². The Morgan fingerprint density at radius 3 is 2.52 bits per heavy atom. The van der Waals surface area contributed by atoms with Crippen molar-refractivity contribution >= 4 is 0 Å². The first-order valence-electron chi connectivity index (χ1n) is 10.8. The molecule has 1 saturated carbocycles. The Morgan fingerprint density at radius 2 is 1.77 bits per heavy atom. The van der Waals surface area contributed by atoms with Crippen LogP contribution in [0.25, 0.3) is 33.9 Å². The van der Waals surface area contributed by atoms with Crippen molar-refractivity contribution in [3.8, 4) is 39.7 Å². The second-order valence-corrected chi connectivity index (χ2v) is 8.82. The number of pyridine rings is 1. The number of nitrogens with two attached hydrogens (primary N) is 1. The van der Waals surface area contributed by atoms with Gasteiger partial charge in [0.05, 0.1) is 17.0 Å². The second kappa shape index (κ2) is 6.79. The van der Waals surface area contributed by atoms with Crippen LogP contribution >= 0.6 is 0 Å². The van der Waals surface area contributed by atoms with E-state index in [0.717, 1.165) is 52.5 Å². The van der Waals surface area contributed by atoms with Crippen molar-refractivity contribution in [2.24, 2.45) is 11.7 Å². The van der Waals surface area contributed by atoms with Crippen LogP contribution in [0.5, 0.6) is 5.75 Å². The second-order valence-electron chi connectivity index (χ2n) is 8.82. The molecule has 2 aliphatic rings. The normalized spacial score (nSPS) is 21.5. The van der Waals surface area contributed by atoms with Gasteiger partial charge in [-0.05, 0) is 30.4 Å². The molecular formula is C26H24N4O. The summed E-state index contributed by atoms with van der Waals surface area (Å²) in [6.07, 6.45) is 5.66. The van der Waals surface area contributed by atoms with Crippen LogP contribution in [0.4, 0.5) is 0 Å². The van der Waals surface area contributed by atoms with Crippen molar-refractivity contribution in [3.05, 3.63) is 78.6 Å². The average Bonchev–Trinajstić information content (AvgIpc) is 3.19. The fourth-order valence-corrected chi connectivity index (χ4v) is 5.06. The van der Waals surface area contributed by atoms with Crippen molar-refractivity contribution in [1.29, 1.82) is 0 Å². The molecule has 2 aromatic carbocycles. The van der Waals surface area contributed by atoms with Gasteiger partial charge in [0.25, 0.3) is 0 Å². The minimum absolute atomic E-state index is 0.188. The van der Waals surface area contributed by atoms with Gasteiger partial charge in [-0.25, -0.2) is 4.98 Å². The number of hydrogen-bond acceptors (Lipinski definition) is 4. The van der Waals surface area contributed by atoms with Crippen molar-refractivity contribution in [1.82, 2.24) is 14.5 Å². The van der Waals surface area contributed by atoms with Crippen LogP contribution in [-0.4, -0.2) is 14.5 Å². The number of imidazole rings is 1. The van der Waals surface area contributed by atoms with E-state index >= 15 is 0 Å². The minimum Gasteiger partial charge on any atom is -0.472 e. The van der Waals surface area contributed by atoms with Gasteiger partial charge in [0, 0.05) is 29.1 Å². The Labute approximate surface area is 181 Å². The quantitative estimate of drug-likeness (QED) is 0.505. The largest absolute Gasteiger partial charge is 0.472 e. The molecule has 5 nitrogen and oxygen atoms in total. The number of aromatic nitrogens is 3. The lowest BCUT2D eigenvalue weighted by Crippen LogP contribution is -2.47. The van der Waals surface area contributed by atoms with E-state index in [2.05, 4.69) is 65.0 Å². The molecule has 154 valence electrons. The molecule has 0 atom stereocenters. The summed E-state index contributed by atoms with van der Waals surface area (Å²) in [5.41, 5.74) is 12.7. The number of hydrogen-bond donors (Lipinski definition) is 1. The van der Waals surface area contributed by atoms with Crippen molar-refractivity contribution in [3.63, 3.8) is 0 Å². The molecule has 2 N–H and O–H groups in total. The fraction of sp³-hybridized carbons (Fsp3) is 0.231. The first kappa shape index (κ1) is 18.3. The van der Waals surface area contributed by atoms with Crippen LogP contribution < -0.4 is 10.5 Å². The van der Waals surface area contributed by atoms with E-state index in [1.165, 1.54) is 5.56 Å². The molecule has 0 unspecified atom stereocenters. The molecule has 0 spiro atoms. The predicted molar refractivity (Wildman–Crippen MR) is 121 cm³/mol. The number of benzene rings is 2. The van der Waals surface area contributed by atoms with Crippen LogP contribution in [-0.2, 0) is 12.3 Å². The van der Waals surface area contributed by atoms with Crippen molar-refractivity contribution < 1.29 is 4.74 Å². The molecule has 1 aliphatic heterocycles. The zero-order valence-electron chi connectivity index (χ0n) is 17.5. The Hall–Kier alpha value is -3.44. The molecule has 2 aromatic heterocycles. The van der Waals surface area contributed by atoms with Gasteiger partial charge in [-0.15, -0.1) is 0 Å². The Morgan fingerprint density at radius 1 is 1.00 bits per heavy atom. The van der Waals surface area contributed by atoms with E-state index in [4.69, 9.17) is 15.5 Å². The molecule has 1 aliphatic carbocycles. The zero-order chi connectivity index (χ0) is 21.0. The van der Waals surface area contributed by atoms with Gasteiger partial charge in [-0.1, -0.05) is 61.5 Å². The topological polar surface area (TPSA) is 66.0 Å². The molecular weight excluding hydrogens is 384 g/mol. The van der Waals surface area contributed by atoms with E-state index in [9.17, 15) is 0 Å². The molecule has 0 saturated heterocycles. The van der Waals surface area contributed by atoms with E-state index in [1.54, 1.807) is 6.20 Å². The van der Waals surface area contributed by atoms with Crippen molar-refractivity contribution in [2.75, 3.05) is 0 Å². The summed E-state index contributed by atoms with van der Waals surface area (Å²) in [6, 6.07) is 20.9. The van der Waals surface area contributed by atoms with E-state index in [0.29, 0.717) is 12.6 Å². The first-order valence-corrected chi connectivity index (χ1v) is 10.8. The molecule has 1 fully saturated rings. The van der Waals surface area contributed by atoms with E-state index < -0.39 is 0 Å². The highest BCUT2D eigenvalue weighted by Gasteiger charge is 2.39. The highest BCUT2D eigenvalue weighted by Crippen LogP contribution is 2.44. The third-order valence-electron chi connectivity index (χ3n) is 6.54. The molecule has 0 bridgehead atoms. The molecule has 0 radical (unpaired) electrons. The molecule has 5 heteroatoms. The standard InChI is InChI=1S/C26H24N4O/c1-17-13-26(27,14-17)20-9-7-18(8-10-20)23-24(19-5-3-2-4-6-19)30-16-31-22-11-12-28-15-21(22)25(30)29-23/h2-12,15,17H,13-14,16,27H2,1H3/t17-,26+. The van der Waals surface area contributed by atoms with Crippen LogP contribution in [0.3, 0.4) is 0 Å². The number of rotatable bonds is 3. The van der Waals surface area contributed by atoms with Gasteiger partial charge in [0.1, 0.15) is 11.6 Å². The summed E-state index contributed by atoms with van der Waals surface area (Å²) >= 11 is 0. The van der Waals surface area contributed by atoms with Gasteiger partial charge in [-0.3, -0.25) is 9.55 Å². The number of ether oxygens (including phenoxy) is 1. The Balaban J connectivity index is 1.50. The molecule has 4 aromatic rings. The van der Waals surface area contributed by atoms with E-state index in [-0.39, 0.29) is 5.54 Å². The van der Waals surface area contributed by atoms with Crippen LogP contribution in [0.1, 0.15) is 25.3 Å². The third-order valence-corrected chi connectivity index (χ3v) is 6.54. The predicted octanol–water partition coefficient (Wildman–Crippen LogP) is 5.21. The smallest absolute Gasteiger partial charge is 0.167 e. The van der Waals surface area contributed by atoms with Crippen LogP contribution in [0.2, 0.25) is 0 Å². The average molecular weight is 409 g/mol. The number of fused-ring (bicyclic) bond motifs is 3. The SMILES string of the molecule is C[C@H]1C[C@](N)(c2ccc(-c3nc4n(c3-c3ccccc3)COc3ccncc3-4)cc2)C1. The maximum atomic E-state index is 6.61. The highest BCUT2D eigenvalue weighted by molar-refractivity contribution is 5.83. The maximum Gasteiger partial charge on any atom is 0.167 e. The van der Waals surface area contributed by atoms with Crippen molar-refractivity contribution in [2.45, 2.75) is 32.0 Å². The number of nitrogens with zero attached hydrogens (tertiary/aromatic N) is 3. The van der Waals surface area contributed by atoms with Crippen LogP contribution in [0.15, 0.2) is 73.1 Å². The Bertz CT molecular complexity index is 1250. The molecule has 6 rings (SSSR count). The Kier molecular flexibility index (Phi) is 4.02. The summed E-state index contributed by atoms with van der Waals surface area (Å²) in [5, 5.41) is 0. The van der Waals surface area contributed by atoms with Gasteiger partial charge in [-0.2, -0.15) is 0 Å². The lowest BCUT2D eigenvalue weighted by atomic mass is 9.66. The highest BCUT2D eigenvalue weighted by atomic mass is 16.5. The van der Waals surface area contributed by atoms with Gasteiger partial charge in [0.2, 0.25) is 0 Å². The monoisotopic (exact) mass is 408 g/mol. The minimum atomic E-state index is -0.188. The summed E-state index contributed by atoms with van der Waals surface area (Å²) in [5.74, 6) is 2.40. The maximum absolute atomic E-state index is 6.61. The molecule has 0 amide bonds. The summed E-state index contributed by atoms with van der Waals surface area (Å²) in [7, 11) is 0. The van der Waals surface area contributed by atoms with Gasteiger partial charge >= 0.3 is 0 Å². The molecule has 3 heterocycles. The first-order chi connectivity index (χ1) is 15.1. The van der Waals surface area contributed by atoms with Gasteiger partial charge in [0.15, 0.2) is 6.73 Å². The lowest BCUT2D eigenvalue weighted by molar-refractivity contribution is 0.164. The third kappa shape index (κ3) is 2.88.